The molecule has 6 N–H and O–H groups in total. The van der Waals surface area contributed by atoms with Gasteiger partial charge in [0.2, 0.25) is 5.90 Å². The molecule has 0 saturated heterocycles. The molecule has 0 radical (unpaired) electrons. The van der Waals surface area contributed by atoms with E-state index in [4.69, 9.17) is 26.6 Å². The summed E-state index contributed by atoms with van der Waals surface area (Å²) in [6, 6.07) is 20.9. The topological polar surface area (TPSA) is 163 Å². The van der Waals surface area contributed by atoms with Gasteiger partial charge in [0.15, 0.2) is 6.17 Å². The number of rotatable bonds is 4. The molecule has 1 aromatic heterocycles. The van der Waals surface area contributed by atoms with E-state index in [-0.39, 0.29) is 11.9 Å². The van der Waals surface area contributed by atoms with Gasteiger partial charge in [0, 0.05) is 29.6 Å². The Morgan fingerprint density at radius 2 is 1.92 bits per heavy atom. The average Bonchev–Trinajstić information content (AvgIpc) is 3.09. The first-order valence-electron chi connectivity index (χ1n) is 12.3. The van der Waals surface area contributed by atoms with Crippen LogP contribution in [0.5, 0.6) is 0 Å². The molecule has 3 aromatic rings. The molecule has 0 saturated carbocycles. The van der Waals surface area contributed by atoms with Crippen LogP contribution in [0.3, 0.4) is 0 Å². The number of benzene rings is 2. The molecule has 39 heavy (non-hydrogen) atoms. The minimum atomic E-state index is -0.788. The number of anilines is 2. The summed E-state index contributed by atoms with van der Waals surface area (Å²) in [5.41, 5.74) is 16.0. The second kappa shape index (κ2) is 11.4. The van der Waals surface area contributed by atoms with Crippen LogP contribution >= 0.6 is 0 Å². The maximum Gasteiger partial charge on any atom is 0.291 e. The molecule has 2 aromatic carbocycles. The minimum absolute atomic E-state index is 0.200. The molecule has 11 nitrogen and oxygen atoms in total. The Kier molecular flexibility index (Phi) is 7.39. The molecule has 0 spiro atoms. The number of hydrogen-bond acceptors (Lipinski definition) is 9. The van der Waals surface area contributed by atoms with Crippen molar-refractivity contribution in [2.24, 2.45) is 31.4 Å². The standard InChI is InChI=1S/C28H28N10O/c1-18-26(36-24(19-8-3-2-4-9-19)20-10-5-6-12-22(20)35-18)37-28(31)39-25(30)21-11-7-13-33-27(21)38-15-14-32-23(16-38)34-17-29/h2-13,17,26,30,35H,1,14-16H2,(H2,31,37)(H2,29,32,34). The van der Waals surface area contributed by atoms with Gasteiger partial charge in [0.1, 0.15) is 11.7 Å². The second-order valence-electron chi connectivity index (χ2n) is 8.68. The number of fused-ring (bicyclic) bond motifs is 1. The summed E-state index contributed by atoms with van der Waals surface area (Å²) in [6.45, 7) is 5.67. The van der Waals surface area contributed by atoms with Crippen molar-refractivity contribution in [2.75, 3.05) is 29.9 Å². The minimum Gasteiger partial charge on any atom is -0.407 e. The van der Waals surface area contributed by atoms with Crippen LogP contribution in [0.15, 0.2) is 105 Å². The lowest BCUT2D eigenvalue weighted by Gasteiger charge is -2.27. The zero-order valence-electron chi connectivity index (χ0n) is 21.2. The number of aliphatic imine (C=N–C) groups is 4. The highest BCUT2D eigenvalue weighted by atomic mass is 16.5. The zero-order chi connectivity index (χ0) is 27.2. The average molecular weight is 521 g/mol. The number of nitrogens with zero attached hydrogens (tertiary/aromatic N) is 6. The SMILES string of the molecule is C=C1Nc2ccccc2C(c2ccccc2)=NC1N=C(N)OC(=N)c1cccnc1N1CCN=C(N=CN)C1. The number of benzodiazepines with no additional fused rings is 1. The van der Waals surface area contributed by atoms with Crippen LogP contribution in [0.2, 0.25) is 0 Å². The highest BCUT2D eigenvalue weighted by molar-refractivity contribution is 6.16. The summed E-state index contributed by atoms with van der Waals surface area (Å²) in [5, 5.41) is 11.9. The summed E-state index contributed by atoms with van der Waals surface area (Å²) >= 11 is 0. The smallest absolute Gasteiger partial charge is 0.291 e. The first-order valence-corrected chi connectivity index (χ1v) is 12.3. The lowest BCUT2D eigenvalue weighted by atomic mass is 10.0. The predicted molar refractivity (Wildman–Crippen MR) is 156 cm³/mol. The lowest BCUT2D eigenvalue weighted by molar-refractivity contribution is 0.523. The number of nitrogens with two attached hydrogens (primary N) is 2. The Balaban J connectivity index is 1.41. The molecule has 11 heteroatoms. The summed E-state index contributed by atoms with van der Waals surface area (Å²) in [5.74, 6) is 0.935. The maximum atomic E-state index is 8.64. The summed E-state index contributed by atoms with van der Waals surface area (Å²) in [4.78, 5) is 24.2. The van der Waals surface area contributed by atoms with Crippen LogP contribution in [-0.4, -0.2) is 60.6 Å². The van der Waals surface area contributed by atoms with E-state index in [0.29, 0.717) is 42.5 Å². The van der Waals surface area contributed by atoms with Crippen LogP contribution in [0.4, 0.5) is 11.5 Å². The number of ether oxygens (including phenoxy) is 1. The number of hydrogen-bond donors (Lipinski definition) is 4. The first kappa shape index (κ1) is 25.3. The van der Waals surface area contributed by atoms with E-state index >= 15 is 0 Å². The van der Waals surface area contributed by atoms with E-state index in [1.807, 2.05) is 59.5 Å². The molecule has 0 amide bonds. The fourth-order valence-electron chi connectivity index (χ4n) is 4.32. The Morgan fingerprint density at radius 1 is 1.13 bits per heavy atom. The van der Waals surface area contributed by atoms with Crippen molar-refractivity contribution in [3.05, 3.63) is 102 Å². The van der Waals surface area contributed by atoms with Crippen LogP contribution in [0.1, 0.15) is 16.7 Å². The number of pyridine rings is 1. The van der Waals surface area contributed by atoms with Crippen LogP contribution in [0.25, 0.3) is 0 Å². The van der Waals surface area contributed by atoms with Gasteiger partial charge in [-0.1, -0.05) is 55.1 Å². The molecular formula is C28H28N10O. The highest BCUT2D eigenvalue weighted by Gasteiger charge is 2.24. The van der Waals surface area contributed by atoms with Gasteiger partial charge in [-0.15, -0.1) is 0 Å². The van der Waals surface area contributed by atoms with Crippen molar-refractivity contribution in [3.8, 4) is 0 Å². The summed E-state index contributed by atoms with van der Waals surface area (Å²) < 4.78 is 5.68. The van der Waals surface area contributed by atoms with Gasteiger partial charge in [0.05, 0.1) is 36.4 Å². The molecule has 0 aliphatic carbocycles. The van der Waals surface area contributed by atoms with Crippen LogP contribution in [-0.2, 0) is 4.74 Å². The van der Waals surface area contributed by atoms with E-state index in [9.17, 15) is 0 Å². The Labute approximate surface area is 225 Å². The summed E-state index contributed by atoms with van der Waals surface area (Å²) in [6.07, 6.45) is 2.08. The van der Waals surface area contributed by atoms with Crippen molar-refractivity contribution in [1.29, 1.82) is 5.41 Å². The van der Waals surface area contributed by atoms with Crippen molar-refractivity contribution in [2.45, 2.75) is 6.17 Å². The van der Waals surface area contributed by atoms with Gasteiger partial charge in [-0.25, -0.2) is 15.0 Å². The monoisotopic (exact) mass is 520 g/mol. The highest BCUT2D eigenvalue weighted by Crippen LogP contribution is 2.27. The fraction of sp³-hybridized carbons (Fsp3) is 0.143. The van der Waals surface area contributed by atoms with Gasteiger partial charge < -0.3 is 26.4 Å². The van der Waals surface area contributed by atoms with Gasteiger partial charge >= 0.3 is 0 Å². The molecule has 1 unspecified atom stereocenters. The van der Waals surface area contributed by atoms with Gasteiger partial charge in [-0.05, 0) is 18.2 Å². The van der Waals surface area contributed by atoms with E-state index in [2.05, 4.69) is 31.9 Å². The molecule has 0 fully saturated rings. The van der Waals surface area contributed by atoms with Crippen molar-refractivity contribution >= 4 is 41.3 Å². The predicted octanol–water partition coefficient (Wildman–Crippen LogP) is 2.75. The quantitative estimate of drug-likeness (QED) is 0.305. The largest absolute Gasteiger partial charge is 0.407 e. The van der Waals surface area contributed by atoms with E-state index in [1.54, 1.807) is 18.3 Å². The van der Waals surface area contributed by atoms with Gasteiger partial charge in [0.25, 0.3) is 6.02 Å². The molecule has 2 aliphatic heterocycles. The Morgan fingerprint density at radius 3 is 2.74 bits per heavy atom. The molecule has 0 bridgehead atoms. The third-order valence-corrected chi connectivity index (χ3v) is 6.09. The van der Waals surface area contributed by atoms with Crippen molar-refractivity contribution in [1.82, 2.24) is 4.98 Å². The van der Waals surface area contributed by atoms with Gasteiger partial charge in [-0.3, -0.25) is 15.4 Å². The van der Waals surface area contributed by atoms with Crippen molar-refractivity contribution in [3.63, 3.8) is 0 Å². The maximum absolute atomic E-state index is 8.64. The molecule has 196 valence electrons. The summed E-state index contributed by atoms with van der Waals surface area (Å²) in [7, 11) is 0. The second-order valence-corrected chi connectivity index (χ2v) is 8.68. The molecule has 5 rings (SSSR count). The van der Waals surface area contributed by atoms with E-state index in [1.165, 1.54) is 6.34 Å². The van der Waals surface area contributed by atoms with Crippen LogP contribution < -0.4 is 21.7 Å². The van der Waals surface area contributed by atoms with E-state index in [0.717, 1.165) is 22.5 Å². The molecule has 1 atom stereocenters. The lowest BCUT2D eigenvalue weighted by Crippen LogP contribution is -2.37. The first-order chi connectivity index (χ1) is 19.0. The van der Waals surface area contributed by atoms with Crippen LogP contribution in [0, 0.1) is 5.41 Å². The number of amidine groups is 2. The Hall–Kier alpha value is -5.32. The number of nitrogens with one attached hydrogen (secondary N) is 2. The zero-order valence-corrected chi connectivity index (χ0v) is 21.2. The molecule has 3 heterocycles. The molecular weight excluding hydrogens is 492 g/mol. The number of para-hydroxylation sites is 1. The van der Waals surface area contributed by atoms with E-state index < -0.39 is 6.17 Å². The third-order valence-electron chi connectivity index (χ3n) is 6.09. The van der Waals surface area contributed by atoms with Gasteiger partial charge in [-0.2, -0.15) is 0 Å². The third kappa shape index (κ3) is 5.67. The fourth-order valence-corrected chi connectivity index (χ4v) is 4.32. The Bertz CT molecular complexity index is 1510. The van der Waals surface area contributed by atoms with Crippen molar-refractivity contribution < 1.29 is 4.74 Å². The molecule has 2 aliphatic rings. The normalized spacial score (nSPS) is 17.5. The number of aromatic nitrogens is 1.